The first-order valence-electron chi connectivity index (χ1n) is 5.71. The molecule has 0 saturated heterocycles. The second kappa shape index (κ2) is 4.41. The molecule has 0 fully saturated rings. The maximum absolute atomic E-state index is 11.9. The maximum Gasteiger partial charge on any atom is 0.268 e. The molecule has 18 heavy (non-hydrogen) atoms. The first kappa shape index (κ1) is 10.7. The smallest absolute Gasteiger partial charge is 0.268 e. The molecule has 0 aliphatic rings. The Morgan fingerprint density at radius 3 is 2.89 bits per heavy atom. The molecule has 0 unspecified atom stereocenters. The first-order valence-corrected chi connectivity index (χ1v) is 5.71. The van der Waals surface area contributed by atoms with Crippen LogP contribution in [0.15, 0.2) is 53.1 Å². The van der Waals surface area contributed by atoms with E-state index in [1.165, 1.54) is 0 Å². The second-order valence-corrected chi connectivity index (χ2v) is 4.03. The highest BCUT2D eigenvalue weighted by Gasteiger charge is 2.09. The van der Waals surface area contributed by atoms with Gasteiger partial charge in [0.2, 0.25) is 0 Å². The average Bonchev–Trinajstić information content (AvgIpc) is 3.04. The summed E-state index contributed by atoms with van der Waals surface area (Å²) < 4.78 is 5.15. The van der Waals surface area contributed by atoms with Crippen LogP contribution in [0.4, 0.5) is 0 Å². The van der Waals surface area contributed by atoms with E-state index in [4.69, 9.17) is 4.42 Å². The maximum atomic E-state index is 11.9. The number of aromatic nitrogens is 1. The molecule has 3 aromatic rings. The van der Waals surface area contributed by atoms with Crippen molar-refractivity contribution < 1.29 is 9.21 Å². The molecule has 4 nitrogen and oxygen atoms in total. The van der Waals surface area contributed by atoms with E-state index in [2.05, 4.69) is 10.3 Å². The van der Waals surface area contributed by atoms with E-state index in [1.54, 1.807) is 12.3 Å². The predicted octanol–water partition coefficient (Wildman–Crippen LogP) is 2.69. The lowest BCUT2D eigenvalue weighted by atomic mass is 10.2. The van der Waals surface area contributed by atoms with E-state index in [9.17, 15) is 4.79 Å². The molecule has 0 aliphatic carbocycles. The minimum Gasteiger partial charge on any atom is -0.467 e. The fourth-order valence-corrected chi connectivity index (χ4v) is 1.87. The van der Waals surface area contributed by atoms with Crippen molar-refractivity contribution in [3.63, 3.8) is 0 Å². The van der Waals surface area contributed by atoms with Gasteiger partial charge in [-0.05, 0) is 24.3 Å². The fourth-order valence-electron chi connectivity index (χ4n) is 1.87. The molecule has 0 bridgehead atoms. The van der Waals surface area contributed by atoms with Gasteiger partial charge in [-0.3, -0.25) is 4.79 Å². The van der Waals surface area contributed by atoms with E-state index in [-0.39, 0.29) is 5.91 Å². The van der Waals surface area contributed by atoms with Crippen LogP contribution in [0, 0.1) is 0 Å². The van der Waals surface area contributed by atoms with Crippen LogP contribution in [0.2, 0.25) is 0 Å². The van der Waals surface area contributed by atoms with Crippen LogP contribution in [-0.4, -0.2) is 10.9 Å². The van der Waals surface area contributed by atoms with Crippen LogP contribution in [0.1, 0.15) is 16.2 Å². The molecule has 0 atom stereocenters. The molecule has 0 radical (unpaired) electrons. The molecule has 1 amide bonds. The van der Waals surface area contributed by atoms with Gasteiger partial charge in [-0.25, -0.2) is 0 Å². The van der Waals surface area contributed by atoms with Crippen molar-refractivity contribution in [2.75, 3.05) is 0 Å². The molecule has 2 aromatic heterocycles. The van der Waals surface area contributed by atoms with Gasteiger partial charge in [0.1, 0.15) is 11.5 Å². The summed E-state index contributed by atoms with van der Waals surface area (Å²) in [6.07, 6.45) is 1.59. The van der Waals surface area contributed by atoms with Gasteiger partial charge in [-0.1, -0.05) is 18.2 Å². The van der Waals surface area contributed by atoms with E-state index >= 15 is 0 Å². The number of amides is 1. The third-order valence-electron chi connectivity index (χ3n) is 2.78. The van der Waals surface area contributed by atoms with Gasteiger partial charge >= 0.3 is 0 Å². The largest absolute Gasteiger partial charge is 0.467 e. The number of fused-ring (bicyclic) bond motifs is 1. The zero-order valence-electron chi connectivity index (χ0n) is 9.64. The standard InChI is InChI=1S/C14H12N2O2/c17-14(15-9-11-5-3-7-18-11)13-8-10-4-1-2-6-12(10)16-13/h1-8,16H,9H2,(H,15,17). The Bertz CT molecular complexity index is 635. The summed E-state index contributed by atoms with van der Waals surface area (Å²) in [5.74, 6) is 0.599. The van der Waals surface area contributed by atoms with Gasteiger partial charge in [0.25, 0.3) is 5.91 Å². The van der Waals surface area contributed by atoms with Crippen molar-refractivity contribution in [2.45, 2.75) is 6.54 Å². The molecule has 3 rings (SSSR count). The highest BCUT2D eigenvalue weighted by atomic mass is 16.3. The molecule has 2 N–H and O–H groups in total. The summed E-state index contributed by atoms with van der Waals surface area (Å²) in [4.78, 5) is 15.0. The number of aromatic amines is 1. The van der Waals surface area contributed by atoms with Crippen molar-refractivity contribution in [3.05, 3.63) is 60.2 Å². The molecule has 2 heterocycles. The van der Waals surface area contributed by atoms with Crippen molar-refractivity contribution >= 4 is 16.8 Å². The molecule has 0 saturated carbocycles. The number of carbonyl (C=O) groups is 1. The lowest BCUT2D eigenvalue weighted by Crippen LogP contribution is -2.22. The minimum absolute atomic E-state index is 0.136. The summed E-state index contributed by atoms with van der Waals surface area (Å²) in [5, 5.41) is 3.83. The molecule has 0 aliphatic heterocycles. The third-order valence-corrected chi connectivity index (χ3v) is 2.78. The first-order chi connectivity index (χ1) is 8.83. The van der Waals surface area contributed by atoms with Crippen molar-refractivity contribution in [3.8, 4) is 0 Å². The van der Waals surface area contributed by atoms with Crippen molar-refractivity contribution in [1.29, 1.82) is 0 Å². The molecule has 0 spiro atoms. The van der Waals surface area contributed by atoms with Crippen LogP contribution in [0.5, 0.6) is 0 Å². The van der Waals surface area contributed by atoms with E-state index in [0.717, 1.165) is 16.7 Å². The summed E-state index contributed by atoms with van der Waals surface area (Å²) in [6, 6.07) is 13.3. The van der Waals surface area contributed by atoms with Crippen LogP contribution in [0.25, 0.3) is 10.9 Å². The number of carbonyl (C=O) groups excluding carboxylic acids is 1. The zero-order valence-corrected chi connectivity index (χ0v) is 9.64. The normalized spacial score (nSPS) is 10.7. The van der Waals surface area contributed by atoms with Gasteiger partial charge in [0.15, 0.2) is 0 Å². The summed E-state index contributed by atoms with van der Waals surface area (Å²) in [6.45, 7) is 0.390. The number of para-hydroxylation sites is 1. The number of hydrogen-bond donors (Lipinski definition) is 2. The molecule has 1 aromatic carbocycles. The van der Waals surface area contributed by atoms with Crippen LogP contribution in [-0.2, 0) is 6.54 Å². The molecular weight excluding hydrogens is 228 g/mol. The molecule has 90 valence electrons. The Kier molecular flexibility index (Phi) is 2.61. The highest BCUT2D eigenvalue weighted by Crippen LogP contribution is 2.14. The van der Waals surface area contributed by atoms with Gasteiger partial charge in [-0.15, -0.1) is 0 Å². The second-order valence-electron chi connectivity index (χ2n) is 4.03. The van der Waals surface area contributed by atoms with Gasteiger partial charge < -0.3 is 14.7 Å². The lowest BCUT2D eigenvalue weighted by molar-refractivity contribution is 0.0944. The number of benzene rings is 1. The van der Waals surface area contributed by atoms with Crippen molar-refractivity contribution in [1.82, 2.24) is 10.3 Å². The van der Waals surface area contributed by atoms with Gasteiger partial charge in [-0.2, -0.15) is 0 Å². The van der Waals surface area contributed by atoms with Gasteiger partial charge in [0, 0.05) is 10.9 Å². The Morgan fingerprint density at radius 1 is 1.22 bits per heavy atom. The number of nitrogens with one attached hydrogen (secondary N) is 2. The molecular formula is C14H12N2O2. The monoisotopic (exact) mass is 240 g/mol. The van der Waals surface area contributed by atoms with Gasteiger partial charge in [0.05, 0.1) is 12.8 Å². The lowest BCUT2D eigenvalue weighted by Gasteiger charge is -2.00. The zero-order chi connectivity index (χ0) is 12.4. The van der Waals surface area contributed by atoms with E-state index in [0.29, 0.717) is 12.2 Å². The van der Waals surface area contributed by atoms with Crippen LogP contribution in [0.3, 0.4) is 0 Å². The topological polar surface area (TPSA) is 58.0 Å². The Morgan fingerprint density at radius 2 is 2.11 bits per heavy atom. The van der Waals surface area contributed by atoms with Crippen LogP contribution < -0.4 is 5.32 Å². The molecule has 4 heteroatoms. The number of H-pyrrole nitrogens is 1. The number of rotatable bonds is 3. The summed E-state index contributed by atoms with van der Waals surface area (Å²) in [5.41, 5.74) is 1.52. The fraction of sp³-hybridized carbons (Fsp3) is 0.0714. The number of furan rings is 1. The highest BCUT2D eigenvalue weighted by molar-refractivity contribution is 5.97. The van der Waals surface area contributed by atoms with E-state index in [1.807, 2.05) is 36.4 Å². The van der Waals surface area contributed by atoms with Crippen molar-refractivity contribution in [2.24, 2.45) is 0 Å². The third kappa shape index (κ3) is 2.00. The Labute approximate surface area is 104 Å². The Balaban J connectivity index is 1.75. The predicted molar refractivity (Wildman–Crippen MR) is 68.2 cm³/mol. The SMILES string of the molecule is O=C(NCc1ccco1)c1cc2ccccc2[nH]1. The summed E-state index contributed by atoms with van der Waals surface area (Å²) >= 11 is 0. The number of hydrogen-bond acceptors (Lipinski definition) is 2. The van der Waals surface area contributed by atoms with Crippen LogP contribution >= 0.6 is 0 Å². The summed E-state index contributed by atoms with van der Waals surface area (Å²) in [7, 11) is 0. The quantitative estimate of drug-likeness (QED) is 0.739. The average molecular weight is 240 g/mol. The Hall–Kier alpha value is -2.49. The minimum atomic E-state index is -0.136. The van der Waals surface area contributed by atoms with E-state index < -0.39 is 0 Å².